The van der Waals surface area contributed by atoms with Crippen LogP contribution in [0.4, 0.5) is 0 Å². The van der Waals surface area contributed by atoms with Crippen molar-refractivity contribution in [3.8, 4) is 5.75 Å². The molecule has 6 rings (SSSR count). The smallest absolute Gasteiger partial charge is 0.119 e. The van der Waals surface area contributed by atoms with Gasteiger partial charge in [0, 0.05) is 16.2 Å². The Bertz CT molecular complexity index is 2450. The third-order valence-electron chi connectivity index (χ3n) is 16.9. The molecular weight excluding hydrogens is 861 g/mol. The van der Waals surface area contributed by atoms with Gasteiger partial charge in [0.25, 0.3) is 0 Å². The summed E-state index contributed by atoms with van der Waals surface area (Å²) in [4.78, 5) is 0. The summed E-state index contributed by atoms with van der Waals surface area (Å²) in [5, 5.41) is 11.0. The Kier molecular flexibility index (Phi) is 20.0. The van der Waals surface area contributed by atoms with Crippen LogP contribution in [0.2, 0.25) is 0 Å². The van der Waals surface area contributed by atoms with Crippen molar-refractivity contribution in [2.75, 3.05) is 6.61 Å². The maximum atomic E-state index is 11.0. The van der Waals surface area contributed by atoms with Gasteiger partial charge in [-0.05, 0) is 161 Å². The molecule has 71 heavy (non-hydrogen) atoms. The normalized spacial score (nSPS) is 14.1. The summed E-state index contributed by atoms with van der Waals surface area (Å²) in [5.41, 5.74) is 14.5. The highest BCUT2D eigenvalue weighted by atomic mass is 16.5. The standard InChI is InChI=1S/C69H92O2/c1-13-51(5)15-17-53-20-33-59(34-21-53)67(7,8)61-39-26-56(27-40-61)30-45-65(70)46-31-57-28-41-62(42-29-57)68(9,10)60-37-24-55(25-38-60)19-32-58(50(3)4)49-71-66-47-43-64(44-48-66)69(11,12)63-35-22-54(23-36-63)18-16-52(6)14-2/h20-29,33-44,47-48,50-52,58,65,70H,13-19,30-32,45-46,49H2,1-12H3. The summed E-state index contributed by atoms with van der Waals surface area (Å²) in [5.74, 6) is 3.50. The molecular formula is C69H92O2. The van der Waals surface area contributed by atoms with Crippen molar-refractivity contribution < 1.29 is 9.84 Å². The number of ether oxygens (including phenoxy) is 1. The number of rotatable bonds is 27. The van der Waals surface area contributed by atoms with Crippen LogP contribution < -0.4 is 4.74 Å². The van der Waals surface area contributed by atoms with Gasteiger partial charge in [-0.25, -0.2) is 0 Å². The van der Waals surface area contributed by atoms with Gasteiger partial charge in [-0.3, -0.25) is 0 Å². The molecule has 0 spiro atoms. The third kappa shape index (κ3) is 15.5. The van der Waals surface area contributed by atoms with Crippen LogP contribution in [0, 0.1) is 23.7 Å². The van der Waals surface area contributed by atoms with E-state index in [9.17, 15) is 5.11 Å². The molecule has 0 saturated carbocycles. The Morgan fingerprint density at radius 2 is 0.620 bits per heavy atom. The first kappa shape index (κ1) is 55.4. The van der Waals surface area contributed by atoms with Gasteiger partial charge in [-0.2, -0.15) is 0 Å². The molecule has 6 aromatic rings. The van der Waals surface area contributed by atoms with Crippen LogP contribution >= 0.6 is 0 Å². The van der Waals surface area contributed by atoms with Gasteiger partial charge in [-0.1, -0.05) is 229 Å². The Morgan fingerprint density at radius 3 is 0.887 bits per heavy atom. The molecule has 0 radical (unpaired) electrons. The topological polar surface area (TPSA) is 29.5 Å². The minimum atomic E-state index is -0.322. The van der Waals surface area contributed by atoms with E-state index < -0.39 is 0 Å². The van der Waals surface area contributed by atoms with E-state index in [-0.39, 0.29) is 22.3 Å². The fourth-order valence-corrected chi connectivity index (χ4v) is 10.1. The molecule has 2 heteroatoms. The van der Waals surface area contributed by atoms with Crippen molar-refractivity contribution in [2.24, 2.45) is 23.7 Å². The Balaban J connectivity index is 0.926. The number of benzene rings is 6. The van der Waals surface area contributed by atoms with Crippen molar-refractivity contribution >= 4 is 0 Å². The molecule has 0 aliphatic heterocycles. The minimum Gasteiger partial charge on any atom is -0.493 e. The van der Waals surface area contributed by atoms with Crippen LogP contribution in [0.25, 0.3) is 0 Å². The maximum Gasteiger partial charge on any atom is 0.119 e. The van der Waals surface area contributed by atoms with Gasteiger partial charge in [0.1, 0.15) is 5.75 Å². The lowest BCUT2D eigenvalue weighted by molar-refractivity contribution is 0.155. The van der Waals surface area contributed by atoms with E-state index in [0.717, 1.165) is 75.6 Å². The second kappa shape index (κ2) is 25.6. The van der Waals surface area contributed by atoms with Crippen LogP contribution in [0.5, 0.6) is 5.75 Å². The summed E-state index contributed by atoms with van der Waals surface area (Å²) in [7, 11) is 0. The van der Waals surface area contributed by atoms with E-state index in [1.54, 1.807) is 0 Å². The number of aliphatic hydroxyl groups is 1. The first-order valence-corrected chi connectivity index (χ1v) is 27.8. The molecule has 0 bridgehead atoms. The molecule has 0 saturated heterocycles. The quantitative estimate of drug-likeness (QED) is 0.0557. The summed E-state index contributed by atoms with van der Waals surface area (Å²) in [6.45, 7) is 28.6. The van der Waals surface area contributed by atoms with Gasteiger partial charge in [0.15, 0.2) is 0 Å². The van der Waals surface area contributed by atoms with E-state index in [0.29, 0.717) is 11.8 Å². The Labute approximate surface area is 433 Å². The first-order valence-electron chi connectivity index (χ1n) is 27.8. The molecule has 0 aliphatic carbocycles. The van der Waals surface area contributed by atoms with Crippen molar-refractivity contribution in [3.63, 3.8) is 0 Å². The molecule has 0 heterocycles. The van der Waals surface area contributed by atoms with E-state index in [1.807, 2.05) is 0 Å². The van der Waals surface area contributed by atoms with Crippen LogP contribution in [-0.2, 0) is 48.3 Å². The molecule has 1 N–H and O–H groups in total. The Hall–Kier alpha value is -4.92. The van der Waals surface area contributed by atoms with Gasteiger partial charge in [0.2, 0.25) is 0 Å². The molecule has 4 atom stereocenters. The van der Waals surface area contributed by atoms with E-state index in [4.69, 9.17) is 4.74 Å². The molecule has 4 unspecified atom stereocenters. The van der Waals surface area contributed by atoms with Crippen molar-refractivity contribution in [3.05, 3.63) is 207 Å². The third-order valence-corrected chi connectivity index (χ3v) is 16.9. The van der Waals surface area contributed by atoms with Gasteiger partial charge in [-0.15, -0.1) is 0 Å². The van der Waals surface area contributed by atoms with Crippen molar-refractivity contribution in [1.29, 1.82) is 0 Å². The van der Waals surface area contributed by atoms with Crippen molar-refractivity contribution in [2.45, 2.75) is 182 Å². The first-order chi connectivity index (χ1) is 33.9. The van der Waals surface area contributed by atoms with Crippen LogP contribution in [-0.4, -0.2) is 17.8 Å². The average molecular weight is 953 g/mol. The lowest BCUT2D eigenvalue weighted by atomic mass is 9.77. The summed E-state index contributed by atoms with van der Waals surface area (Å²) < 4.78 is 6.46. The van der Waals surface area contributed by atoms with Crippen LogP contribution in [0.15, 0.2) is 146 Å². The van der Waals surface area contributed by atoms with Crippen LogP contribution in [0.1, 0.15) is 189 Å². The van der Waals surface area contributed by atoms with E-state index in [1.165, 1.54) is 86.9 Å². The molecule has 0 aliphatic rings. The zero-order valence-corrected chi connectivity index (χ0v) is 46.3. The number of hydrogen-bond donors (Lipinski definition) is 1. The van der Waals surface area contributed by atoms with Gasteiger partial charge >= 0.3 is 0 Å². The fourth-order valence-electron chi connectivity index (χ4n) is 10.1. The van der Waals surface area contributed by atoms with Gasteiger partial charge < -0.3 is 9.84 Å². The lowest BCUT2D eigenvalue weighted by Crippen LogP contribution is -2.20. The zero-order chi connectivity index (χ0) is 51.2. The highest BCUT2D eigenvalue weighted by molar-refractivity contribution is 5.43. The molecule has 2 nitrogen and oxygen atoms in total. The number of aliphatic hydroxyl groups excluding tert-OH is 1. The second-order valence-corrected chi connectivity index (χ2v) is 23.6. The molecule has 0 aromatic heterocycles. The SMILES string of the molecule is CCC(C)CCc1ccc(C(C)(C)c2ccc(CCC(O)CCc3ccc(C(C)(C)c4ccc(CCC(COc5ccc(C(C)(C)c6ccc(CCC(C)CC)cc6)cc5)C(C)C)cc4)cc3)cc2)cc1. The summed E-state index contributed by atoms with van der Waals surface area (Å²) >= 11 is 0. The lowest BCUT2D eigenvalue weighted by Gasteiger charge is -2.27. The van der Waals surface area contributed by atoms with Gasteiger partial charge in [0.05, 0.1) is 12.7 Å². The second-order valence-electron chi connectivity index (χ2n) is 23.6. The van der Waals surface area contributed by atoms with Crippen LogP contribution in [0.3, 0.4) is 0 Å². The highest BCUT2D eigenvalue weighted by Gasteiger charge is 2.26. The number of hydrogen-bond acceptors (Lipinski definition) is 2. The fraction of sp³-hybridized carbons (Fsp3) is 0.478. The van der Waals surface area contributed by atoms with E-state index >= 15 is 0 Å². The predicted molar refractivity (Wildman–Crippen MR) is 305 cm³/mol. The maximum absolute atomic E-state index is 11.0. The predicted octanol–water partition coefficient (Wildman–Crippen LogP) is 17.8. The molecule has 380 valence electrons. The zero-order valence-electron chi connectivity index (χ0n) is 46.3. The molecule has 0 amide bonds. The molecule has 6 aromatic carbocycles. The summed E-state index contributed by atoms with van der Waals surface area (Å²) in [6, 6.07) is 54.9. The van der Waals surface area contributed by atoms with Crippen molar-refractivity contribution in [1.82, 2.24) is 0 Å². The number of aryl methyl sites for hydroxylation is 5. The van der Waals surface area contributed by atoms with E-state index in [2.05, 4.69) is 229 Å². The monoisotopic (exact) mass is 953 g/mol. The Morgan fingerprint density at radius 1 is 0.366 bits per heavy atom. The highest BCUT2D eigenvalue weighted by Crippen LogP contribution is 2.36. The average Bonchev–Trinajstić information content (AvgIpc) is 3.38. The largest absolute Gasteiger partial charge is 0.493 e. The minimum absolute atomic E-state index is 0.0628. The summed E-state index contributed by atoms with van der Waals surface area (Å²) in [6.07, 6.45) is 12.4. The molecule has 0 fully saturated rings.